The molecule has 0 fully saturated rings. The number of hydrogen-bond acceptors (Lipinski definition) is 5. The quantitative estimate of drug-likeness (QED) is 0.537. The second-order valence-corrected chi connectivity index (χ2v) is 8.85. The summed E-state index contributed by atoms with van der Waals surface area (Å²) >= 11 is 6.22. The van der Waals surface area contributed by atoms with Gasteiger partial charge in [0, 0.05) is 12.6 Å². The van der Waals surface area contributed by atoms with Crippen molar-refractivity contribution in [3.63, 3.8) is 0 Å². The molecule has 2 aromatic rings. The molecule has 0 bridgehead atoms. The van der Waals surface area contributed by atoms with Crippen LogP contribution in [0.4, 0.5) is 0 Å². The minimum absolute atomic E-state index is 0.0513. The fourth-order valence-corrected chi connectivity index (χ4v) is 3.45. The summed E-state index contributed by atoms with van der Waals surface area (Å²) in [5.74, 6) is 0.0496. The van der Waals surface area contributed by atoms with Crippen LogP contribution in [0, 0.1) is 0 Å². The summed E-state index contributed by atoms with van der Waals surface area (Å²) in [6.07, 6.45) is 0.750. The zero-order valence-corrected chi connectivity index (χ0v) is 18.6. The van der Waals surface area contributed by atoms with E-state index < -0.39 is 10.1 Å². The van der Waals surface area contributed by atoms with Gasteiger partial charge in [-0.05, 0) is 50.1 Å². The first-order valence-corrected chi connectivity index (χ1v) is 11.3. The standard InChI is InChI=1S/C21H26ClNO5S/c1-5-15(3)23(21(24)17-9-7-8-10-18(17)22)14-16-11-12-19(27-4)20(13-16)28-29(25,26)6-2/h7-13,15H,5-6,14H2,1-4H3/t15-/m1/s1. The first-order chi connectivity index (χ1) is 13.7. The van der Waals surface area contributed by atoms with E-state index in [0.717, 1.165) is 6.42 Å². The van der Waals surface area contributed by atoms with E-state index in [1.807, 2.05) is 13.8 Å². The molecule has 0 spiro atoms. The lowest BCUT2D eigenvalue weighted by molar-refractivity contribution is 0.0671. The van der Waals surface area contributed by atoms with Gasteiger partial charge in [-0.15, -0.1) is 0 Å². The highest BCUT2D eigenvalue weighted by Crippen LogP contribution is 2.31. The SMILES string of the molecule is CC[C@@H](C)N(Cc1ccc(OC)c(OS(=O)(=O)CC)c1)C(=O)c1ccccc1Cl. The number of hydrogen-bond donors (Lipinski definition) is 0. The van der Waals surface area contributed by atoms with E-state index in [1.165, 1.54) is 14.0 Å². The van der Waals surface area contributed by atoms with Gasteiger partial charge < -0.3 is 13.8 Å². The molecule has 2 aromatic carbocycles. The van der Waals surface area contributed by atoms with E-state index in [-0.39, 0.29) is 30.0 Å². The van der Waals surface area contributed by atoms with Gasteiger partial charge in [0.05, 0.1) is 23.4 Å². The number of benzene rings is 2. The molecule has 1 atom stereocenters. The number of rotatable bonds is 9. The first-order valence-electron chi connectivity index (χ1n) is 9.37. The van der Waals surface area contributed by atoms with Crippen molar-refractivity contribution < 1.29 is 22.1 Å². The summed E-state index contributed by atoms with van der Waals surface area (Å²) < 4.78 is 34.2. The van der Waals surface area contributed by atoms with Crippen LogP contribution in [0.15, 0.2) is 42.5 Å². The van der Waals surface area contributed by atoms with Crippen molar-refractivity contribution >= 4 is 27.6 Å². The van der Waals surface area contributed by atoms with Crippen molar-refractivity contribution in [3.8, 4) is 11.5 Å². The lowest BCUT2D eigenvalue weighted by Gasteiger charge is -2.29. The van der Waals surface area contributed by atoms with Crippen LogP contribution in [-0.2, 0) is 16.7 Å². The van der Waals surface area contributed by atoms with Crippen LogP contribution < -0.4 is 8.92 Å². The molecule has 8 heteroatoms. The van der Waals surface area contributed by atoms with E-state index in [1.54, 1.807) is 47.4 Å². The third-order valence-electron chi connectivity index (χ3n) is 4.64. The Morgan fingerprint density at radius 2 is 1.83 bits per heavy atom. The van der Waals surface area contributed by atoms with Crippen molar-refractivity contribution in [1.29, 1.82) is 0 Å². The summed E-state index contributed by atoms with van der Waals surface area (Å²) in [6.45, 7) is 5.72. The van der Waals surface area contributed by atoms with Crippen molar-refractivity contribution in [2.24, 2.45) is 0 Å². The molecule has 0 aliphatic rings. The Kier molecular flexibility index (Phi) is 7.93. The summed E-state index contributed by atoms with van der Waals surface area (Å²) in [7, 11) is -2.28. The second kappa shape index (κ2) is 9.98. The molecule has 158 valence electrons. The van der Waals surface area contributed by atoms with E-state index in [4.69, 9.17) is 20.5 Å². The highest BCUT2D eigenvalue weighted by Gasteiger charge is 2.23. The lowest BCUT2D eigenvalue weighted by Crippen LogP contribution is -2.38. The van der Waals surface area contributed by atoms with Crippen LogP contribution in [0.1, 0.15) is 43.1 Å². The van der Waals surface area contributed by atoms with Gasteiger partial charge in [-0.3, -0.25) is 4.79 Å². The van der Waals surface area contributed by atoms with Gasteiger partial charge in [0.1, 0.15) is 0 Å². The van der Waals surface area contributed by atoms with E-state index >= 15 is 0 Å². The highest BCUT2D eigenvalue weighted by molar-refractivity contribution is 7.87. The Hall–Kier alpha value is -2.25. The van der Waals surface area contributed by atoms with Gasteiger partial charge in [-0.2, -0.15) is 8.42 Å². The maximum Gasteiger partial charge on any atom is 0.309 e. The Labute approximate surface area is 177 Å². The normalized spacial score (nSPS) is 12.3. The smallest absolute Gasteiger partial charge is 0.309 e. The summed E-state index contributed by atoms with van der Waals surface area (Å²) in [5.41, 5.74) is 1.14. The Bertz CT molecular complexity index is 961. The molecule has 0 heterocycles. The molecule has 0 unspecified atom stereocenters. The molecule has 6 nitrogen and oxygen atoms in total. The average molecular weight is 440 g/mol. The molecule has 29 heavy (non-hydrogen) atoms. The third-order valence-corrected chi connectivity index (χ3v) is 6.11. The first kappa shape index (κ1) is 23.0. The van der Waals surface area contributed by atoms with Crippen molar-refractivity contribution in [2.45, 2.75) is 39.8 Å². The number of ether oxygens (including phenoxy) is 1. The lowest BCUT2D eigenvalue weighted by atomic mass is 10.1. The Morgan fingerprint density at radius 1 is 1.14 bits per heavy atom. The van der Waals surface area contributed by atoms with Crippen LogP contribution in [0.25, 0.3) is 0 Å². The van der Waals surface area contributed by atoms with Gasteiger partial charge >= 0.3 is 10.1 Å². The van der Waals surface area contributed by atoms with Crippen molar-refractivity contribution in [2.75, 3.05) is 12.9 Å². The molecular weight excluding hydrogens is 414 g/mol. The maximum atomic E-state index is 13.1. The molecule has 0 saturated carbocycles. The van der Waals surface area contributed by atoms with E-state index in [2.05, 4.69) is 0 Å². The molecule has 0 aliphatic carbocycles. The van der Waals surface area contributed by atoms with Crippen LogP contribution in [0.3, 0.4) is 0 Å². The molecular formula is C21H26ClNO5S. The van der Waals surface area contributed by atoms with Gasteiger partial charge in [0.2, 0.25) is 0 Å². The fourth-order valence-electron chi connectivity index (χ4n) is 2.71. The largest absolute Gasteiger partial charge is 0.493 e. The van der Waals surface area contributed by atoms with E-state index in [9.17, 15) is 13.2 Å². The third kappa shape index (κ3) is 5.87. The number of methoxy groups -OCH3 is 1. The van der Waals surface area contributed by atoms with Gasteiger partial charge in [-0.1, -0.05) is 36.7 Å². The number of nitrogens with zero attached hydrogens (tertiary/aromatic N) is 1. The molecule has 1 amide bonds. The number of amides is 1. The Balaban J connectivity index is 2.39. The van der Waals surface area contributed by atoms with Crippen molar-refractivity contribution in [1.82, 2.24) is 4.90 Å². The number of carbonyl (C=O) groups is 1. The van der Waals surface area contributed by atoms with Crippen LogP contribution in [-0.4, -0.2) is 38.1 Å². The van der Waals surface area contributed by atoms with Crippen LogP contribution in [0.5, 0.6) is 11.5 Å². The zero-order valence-electron chi connectivity index (χ0n) is 17.0. The van der Waals surface area contributed by atoms with Gasteiger partial charge in [0.15, 0.2) is 11.5 Å². The fraction of sp³-hybridized carbons (Fsp3) is 0.381. The molecule has 0 aliphatic heterocycles. The van der Waals surface area contributed by atoms with Crippen LogP contribution >= 0.6 is 11.6 Å². The zero-order chi connectivity index (χ0) is 21.6. The number of halogens is 1. The number of carbonyl (C=O) groups excluding carboxylic acids is 1. The molecule has 0 aromatic heterocycles. The summed E-state index contributed by atoms with van der Waals surface area (Å²) in [4.78, 5) is 14.9. The Morgan fingerprint density at radius 3 is 2.41 bits per heavy atom. The van der Waals surface area contributed by atoms with Crippen molar-refractivity contribution in [3.05, 3.63) is 58.6 Å². The monoisotopic (exact) mass is 439 g/mol. The van der Waals surface area contributed by atoms with E-state index in [0.29, 0.717) is 21.9 Å². The molecule has 0 radical (unpaired) electrons. The minimum Gasteiger partial charge on any atom is -0.493 e. The van der Waals surface area contributed by atoms with Gasteiger partial charge in [0.25, 0.3) is 5.91 Å². The maximum absolute atomic E-state index is 13.1. The highest BCUT2D eigenvalue weighted by atomic mass is 35.5. The predicted molar refractivity (Wildman–Crippen MR) is 114 cm³/mol. The minimum atomic E-state index is -3.71. The summed E-state index contributed by atoms with van der Waals surface area (Å²) in [5, 5.41) is 0.388. The van der Waals surface area contributed by atoms with Crippen LogP contribution in [0.2, 0.25) is 5.02 Å². The molecule has 0 N–H and O–H groups in total. The topological polar surface area (TPSA) is 72.9 Å². The molecule has 0 saturated heterocycles. The second-order valence-electron chi connectivity index (χ2n) is 6.59. The average Bonchev–Trinajstić information content (AvgIpc) is 2.71. The van der Waals surface area contributed by atoms with Gasteiger partial charge in [-0.25, -0.2) is 0 Å². The molecule has 2 rings (SSSR count). The predicted octanol–water partition coefficient (Wildman–Crippen LogP) is 4.52. The summed E-state index contributed by atoms with van der Waals surface area (Å²) in [6, 6.07) is 11.8.